The molecule has 2 heterocycles. The normalized spacial score (nSPS) is 33.9. The SMILES string of the molecule is CC#CCCC(=O)C1CC2CCC1O2. The quantitative estimate of drug-likeness (QED) is 0.639. The van der Waals surface area contributed by atoms with E-state index < -0.39 is 0 Å². The van der Waals surface area contributed by atoms with Crippen molar-refractivity contribution in [1.82, 2.24) is 0 Å². The zero-order valence-corrected chi connectivity index (χ0v) is 8.58. The second-order valence-corrected chi connectivity index (χ2v) is 4.11. The largest absolute Gasteiger partial charge is 0.374 e. The summed E-state index contributed by atoms with van der Waals surface area (Å²) in [6.07, 6.45) is 5.14. The van der Waals surface area contributed by atoms with Gasteiger partial charge in [-0.3, -0.25) is 4.79 Å². The Balaban J connectivity index is 1.83. The van der Waals surface area contributed by atoms with Crippen molar-refractivity contribution in [2.45, 2.75) is 51.2 Å². The second-order valence-electron chi connectivity index (χ2n) is 4.11. The molecule has 2 aliphatic rings. The van der Waals surface area contributed by atoms with Gasteiger partial charge >= 0.3 is 0 Å². The van der Waals surface area contributed by atoms with Crippen molar-refractivity contribution in [1.29, 1.82) is 0 Å². The van der Waals surface area contributed by atoms with Gasteiger partial charge in [0.25, 0.3) is 0 Å². The maximum atomic E-state index is 11.8. The number of fused-ring (bicyclic) bond motifs is 2. The lowest BCUT2D eigenvalue weighted by molar-refractivity contribution is -0.124. The van der Waals surface area contributed by atoms with Gasteiger partial charge in [0.2, 0.25) is 0 Å². The molecular formula is C12H16O2. The Morgan fingerprint density at radius 1 is 1.50 bits per heavy atom. The van der Waals surface area contributed by atoms with Crippen molar-refractivity contribution < 1.29 is 9.53 Å². The Kier molecular flexibility index (Phi) is 2.88. The average molecular weight is 192 g/mol. The number of Topliss-reactive ketones (excluding diaryl/α,β-unsaturated/α-hetero) is 1. The van der Waals surface area contributed by atoms with E-state index in [2.05, 4.69) is 11.8 Å². The van der Waals surface area contributed by atoms with Crippen molar-refractivity contribution in [2.24, 2.45) is 5.92 Å². The molecule has 14 heavy (non-hydrogen) atoms. The molecule has 0 aromatic rings. The fraction of sp³-hybridized carbons (Fsp3) is 0.750. The highest BCUT2D eigenvalue weighted by Crippen LogP contribution is 2.39. The zero-order chi connectivity index (χ0) is 9.97. The van der Waals surface area contributed by atoms with E-state index in [1.165, 1.54) is 0 Å². The molecule has 2 saturated heterocycles. The third-order valence-electron chi connectivity index (χ3n) is 3.19. The monoisotopic (exact) mass is 192 g/mol. The topological polar surface area (TPSA) is 26.3 Å². The molecule has 0 aromatic carbocycles. The molecule has 2 heteroatoms. The Hall–Kier alpha value is -0.810. The number of hydrogen-bond acceptors (Lipinski definition) is 2. The number of carbonyl (C=O) groups excluding carboxylic acids is 1. The first-order chi connectivity index (χ1) is 6.81. The summed E-state index contributed by atoms with van der Waals surface area (Å²) < 4.78 is 5.66. The van der Waals surface area contributed by atoms with E-state index in [-0.39, 0.29) is 12.0 Å². The summed E-state index contributed by atoms with van der Waals surface area (Å²) >= 11 is 0. The van der Waals surface area contributed by atoms with Crippen LogP contribution in [0.2, 0.25) is 0 Å². The molecule has 0 aliphatic carbocycles. The maximum absolute atomic E-state index is 11.8. The van der Waals surface area contributed by atoms with Gasteiger partial charge in [0.15, 0.2) is 0 Å². The van der Waals surface area contributed by atoms with Gasteiger partial charge in [-0.1, -0.05) is 0 Å². The van der Waals surface area contributed by atoms with Crippen molar-refractivity contribution >= 4 is 5.78 Å². The Morgan fingerprint density at radius 2 is 2.36 bits per heavy atom. The van der Waals surface area contributed by atoms with Crippen LogP contribution in [-0.4, -0.2) is 18.0 Å². The molecule has 0 saturated carbocycles. The van der Waals surface area contributed by atoms with Crippen LogP contribution in [0, 0.1) is 17.8 Å². The van der Waals surface area contributed by atoms with Crippen molar-refractivity contribution in [3.8, 4) is 11.8 Å². The first-order valence-electron chi connectivity index (χ1n) is 5.39. The summed E-state index contributed by atoms with van der Waals surface area (Å²) in [6, 6.07) is 0. The van der Waals surface area contributed by atoms with Crippen LogP contribution in [0.4, 0.5) is 0 Å². The molecule has 2 aliphatic heterocycles. The van der Waals surface area contributed by atoms with E-state index in [4.69, 9.17) is 4.74 Å². The molecule has 2 rings (SSSR count). The van der Waals surface area contributed by atoms with E-state index in [9.17, 15) is 4.79 Å². The molecule has 0 amide bonds. The van der Waals surface area contributed by atoms with E-state index in [1.807, 2.05) is 6.92 Å². The predicted octanol–water partition coefficient (Wildman–Crippen LogP) is 1.93. The third kappa shape index (κ3) is 1.83. The highest BCUT2D eigenvalue weighted by atomic mass is 16.5. The van der Waals surface area contributed by atoms with E-state index in [1.54, 1.807) is 0 Å². The summed E-state index contributed by atoms with van der Waals surface area (Å²) in [4.78, 5) is 11.8. The summed E-state index contributed by atoms with van der Waals surface area (Å²) in [6.45, 7) is 1.81. The molecule has 0 spiro atoms. The molecule has 3 unspecified atom stereocenters. The third-order valence-corrected chi connectivity index (χ3v) is 3.19. The Morgan fingerprint density at radius 3 is 2.93 bits per heavy atom. The minimum Gasteiger partial charge on any atom is -0.374 e. The number of hydrogen-bond donors (Lipinski definition) is 0. The van der Waals surface area contributed by atoms with Crippen LogP contribution in [-0.2, 0) is 9.53 Å². The van der Waals surface area contributed by atoms with Crippen molar-refractivity contribution in [3.63, 3.8) is 0 Å². The molecule has 0 radical (unpaired) electrons. The summed E-state index contributed by atoms with van der Waals surface area (Å²) in [5, 5.41) is 0. The van der Waals surface area contributed by atoms with Crippen LogP contribution in [0.1, 0.15) is 39.0 Å². The highest BCUT2D eigenvalue weighted by molar-refractivity contribution is 5.82. The lowest BCUT2D eigenvalue weighted by atomic mass is 9.85. The van der Waals surface area contributed by atoms with Crippen LogP contribution in [0.15, 0.2) is 0 Å². The van der Waals surface area contributed by atoms with Gasteiger partial charge in [0.05, 0.1) is 12.2 Å². The predicted molar refractivity (Wildman–Crippen MR) is 53.7 cm³/mol. The van der Waals surface area contributed by atoms with Crippen molar-refractivity contribution in [3.05, 3.63) is 0 Å². The van der Waals surface area contributed by atoms with Gasteiger partial charge in [0.1, 0.15) is 5.78 Å². The Labute approximate surface area is 85.0 Å². The smallest absolute Gasteiger partial charge is 0.139 e. The van der Waals surface area contributed by atoms with Crippen LogP contribution in [0.3, 0.4) is 0 Å². The maximum Gasteiger partial charge on any atom is 0.139 e. The first-order valence-corrected chi connectivity index (χ1v) is 5.39. The minimum atomic E-state index is 0.187. The second kappa shape index (κ2) is 4.14. The first kappa shape index (κ1) is 9.73. The van der Waals surface area contributed by atoms with Gasteiger partial charge in [-0.15, -0.1) is 11.8 Å². The number of carbonyl (C=O) groups is 1. The molecular weight excluding hydrogens is 176 g/mol. The minimum absolute atomic E-state index is 0.187. The molecule has 2 nitrogen and oxygen atoms in total. The zero-order valence-electron chi connectivity index (χ0n) is 8.58. The fourth-order valence-corrected chi connectivity index (χ4v) is 2.47. The molecule has 2 fully saturated rings. The van der Waals surface area contributed by atoms with E-state index in [0.717, 1.165) is 19.3 Å². The molecule has 0 aromatic heterocycles. The summed E-state index contributed by atoms with van der Waals surface area (Å²) in [7, 11) is 0. The number of ketones is 1. The Bertz CT molecular complexity index is 284. The van der Waals surface area contributed by atoms with Crippen LogP contribution >= 0.6 is 0 Å². The average Bonchev–Trinajstić information content (AvgIpc) is 2.79. The standard InChI is InChI=1S/C12H16O2/c1-2-3-4-5-11(13)10-8-9-6-7-12(10)14-9/h9-10,12H,4-8H2,1H3. The van der Waals surface area contributed by atoms with Gasteiger partial charge < -0.3 is 4.74 Å². The van der Waals surface area contributed by atoms with Crippen LogP contribution in [0.5, 0.6) is 0 Å². The van der Waals surface area contributed by atoms with Crippen LogP contribution in [0.25, 0.3) is 0 Å². The van der Waals surface area contributed by atoms with Crippen molar-refractivity contribution in [2.75, 3.05) is 0 Å². The molecule has 2 bridgehead atoms. The molecule has 0 N–H and O–H groups in total. The fourth-order valence-electron chi connectivity index (χ4n) is 2.47. The lowest BCUT2D eigenvalue weighted by Gasteiger charge is -2.16. The highest BCUT2D eigenvalue weighted by Gasteiger charge is 2.43. The number of ether oxygens (including phenoxy) is 1. The van der Waals surface area contributed by atoms with Gasteiger partial charge in [0, 0.05) is 18.8 Å². The molecule has 76 valence electrons. The molecule has 3 atom stereocenters. The van der Waals surface area contributed by atoms with Gasteiger partial charge in [-0.25, -0.2) is 0 Å². The van der Waals surface area contributed by atoms with Gasteiger partial charge in [-0.05, 0) is 26.2 Å². The number of rotatable bonds is 3. The van der Waals surface area contributed by atoms with Crippen LogP contribution < -0.4 is 0 Å². The summed E-state index contributed by atoms with van der Waals surface area (Å²) in [5.74, 6) is 6.30. The van der Waals surface area contributed by atoms with Gasteiger partial charge in [-0.2, -0.15) is 0 Å². The van der Waals surface area contributed by atoms with E-state index in [0.29, 0.717) is 24.7 Å². The summed E-state index contributed by atoms with van der Waals surface area (Å²) in [5.41, 5.74) is 0. The lowest BCUT2D eigenvalue weighted by Crippen LogP contribution is -2.24. The van der Waals surface area contributed by atoms with E-state index >= 15 is 0 Å².